The van der Waals surface area contributed by atoms with E-state index >= 15 is 0 Å². The molecule has 0 aliphatic carbocycles. The highest BCUT2D eigenvalue weighted by atomic mass is 19.1. The standard InChI is InChI=1S/C20H27FN4/c1-23(2)20-9-6-18(14-22-20)16-25-11-3-10-24(12-13-25)15-17-4-7-19(21)8-5-17/h4-9,14H,3,10-13,15-16H2,1-2H3. The Bertz CT molecular complexity index is 654. The van der Waals surface area contributed by atoms with Crippen LogP contribution in [0.3, 0.4) is 0 Å². The fourth-order valence-electron chi connectivity index (χ4n) is 3.22. The van der Waals surface area contributed by atoms with Gasteiger partial charge < -0.3 is 4.90 Å². The zero-order valence-corrected chi connectivity index (χ0v) is 15.2. The third-order valence-electron chi connectivity index (χ3n) is 4.67. The first-order valence-electron chi connectivity index (χ1n) is 8.91. The van der Waals surface area contributed by atoms with E-state index in [0.29, 0.717) is 0 Å². The molecule has 4 nitrogen and oxygen atoms in total. The van der Waals surface area contributed by atoms with E-state index in [0.717, 1.165) is 51.5 Å². The summed E-state index contributed by atoms with van der Waals surface area (Å²) < 4.78 is 13.0. The van der Waals surface area contributed by atoms with Crippen LogP contribution in [-0.4, -0.2) is 55.1 Å². The van der Waals surface area contributed by atoms with E-state index in [4.69, 9.17) is 0 Å². The van der Waals surface area contributed by atoms with Crippen LogP contribution < -0.4 is 4.90 Å². The van der Waals surface area contributed by atoms with Gasteiger partial charge in [0, 0.05) is 46.5 Å². The molecule has 0 unspecified atom stereocenters. The molecular weight excluding hydrogens is 315 g/mol. The Balaban J connectivity index is 1.51. The molecule has 0 atom stereocenters. The zero-order chi connectivity index (χ0) is 17.6. The fraction of sp³-hybridized carbons (Fsp3) is 0.450. The molecule has 0 amide bonds. The monoisotopic (exact) mass is 342 g/mol. The SMILES string of the molecule is CN(C)c1ccc(CN2CCCN(Cc3ccc(F)cc3)CC2)cn1. The summed E-state index contributed by atoms with van der Waals surface area (Å²) in [6.45, 7) is 6.14. The van der Waals surface area contributed by atoms with Gasteiger partial charge in [-0.3, -0.25) is 9.80 Å². The number of anilines is 1. The topological polar surface area (TPSA) is 22.6 Å². The first-order chi connectivity index (χ1) is 12.1. The van der Waals surface area contributed by atoms with E-state index in [9.17, 15) is 4.39 Å². The number of aromatic nitrogens is 1. The average Bonchev–Trinajstić information content (AvgIpc) is 2.83. The summed E-state index contributed by atoms with van der Waals surface area (Å²) in [4.78, 5) is 11.5. The van der Waals surface area contributed by atoms with Gasteiger partial charge in [0.2, 0.25) is 0 Å². The molecule has 134 valence electrons. The summed E-state index contributed by atoms with van der Waals surface area (Å²) in [5, 5.41) is 0. The van der Waals surface area contributed by atoms with Crippen LogP contribution in [0.25, 0.3) is 0 Å². The second-order valence-electron chi connectivity index (χ2n) is 6.95. The lowest BCUT2D eigenvalue weighted by Gasteiger charge is -2.22. The second-order valence-corrected chi connectivity index (χ2v) is 6.95. The van der Waals surface area contributed by atoms with Crippen LogP contribution in [0.1, 0.15) is 17.5 Å². The maximum atomic E-state index is 13.0. The highest BCUT2D eigenvalue weighted by molar-refractivity contribution is 5.37. The number of nitrogens with zero attached hydrogens (tertiary/aromatic N) is 4. The van der Waals surface area contributed by atoms with Crippen molar-refractivity contribution in [3.8, 4) is 0 Å². The fourth-order valence-corrected chi connectivity index (χ4v) is 3.22. The van der Waals surface area contributed by atoms with Crippen LogP contribution in [0.15, 0.2) is 42.6 Å². The van der Waals surface area contributed by atoms with Gasteiger partial charge in [0.05, 0.1) is 0 Å². The molecule has 1 aliphatic heterocycles. The minimum Gasteiger partial charge on any atom is -0.363 e. The van der Waals surface area contributed by atoms with Crippen LogP contribution in [0.2, 0.25) is 0 Å². The van der Waals surface area contributed by atoms with Gasteiger partial charge in [-0.25, -0.2) is 9.37 Å². The lowest BCUT2D eigenvalue weighted by Crippen LogP contribution is -2.30. The molecule has 1 aliphatic rings. The first-order valence-corrected chi connectivity index (χ1v) is 8.91. The van der Waals surface area contributed by atoms with Gasteiger partial charge in [0.15, 0.2) is 0 Å². The highest BCUT2D eigenvalue weighted by Gasteiger charge is 2.15. The molecule has 2 aromatic rings. The summed E-state index contributed by atoms with van der Waals surface area (Å²) in [5.41, 5.74) is 2.44. The molecule has 1 aromatic heterocycles. The van der Waals surface area contributed by atoms with E-state index < -0.39 is 0 Å². The summed E-state index contributed by atoms with van der Waals surface area (Å²) in [6, 6.07) is 11.1. The second kappa shape index (κ2) is 8.41. The number of hydrogen-bond acceptors (Lipinski definition) is 4. The Morgan fingerprint density at radius 3 is 2.04 bits per heavy atom. The van der Waals surface area contributed by atoms with Gasteiger partial charge in [0.25, 0.3) is 0 Å². The van der Waals surface area contributed by atoms with Crippen molar-refractivity contribution in [3.63, 3.8) is 0 Å². The Morgan fingerprint density at radius 1 is 0.880 bits per heavy atom. The number of pyridine rings is 1. The van der Waals surface area contributed by atoms with Crippen molar-refractivity contribution in [1.29, 1.82) is 0 Å². The summed E-state index contributed by atoms with van der Waals surface area (Å²) in [6.07, 6.45) is 3.14. The molecule has 0 bridgehead atoms. The quantitative estimate of drug-likeness (QED) is 0.833. The Hall–Kier alpha value is -1.98. The molecular formula is C20H27FN4. The van der Waals surface area contributed by atoms with Crippen molar-refractivity contribution in [1.82, 2.24) is 14.8 Å². The zero-order valence-electron chi connectivity index (χ0n) is 15.2. The van der Waals surface area contributed by atoms with Crippen molar-refractivity contribution in [2.75, 3.05) is 45.2 Å². The molecule has 0 radical (unpaired) electrons. The number of rotatable bonds is 5. The maximum Gasteiger partial charge on any atom is 0.127 e. The largest absolute Gasteiger partial charge is 0.363 e. The van der Waals surface area contributed by atoms with Gasteiger partial charge >= 0.3 is 0 Å². The van der Waals surface area contributed by atoms with Crippen molar-refractivity contribution in [2.45, 2.75) is 19.5 Å². The maximum absolute atomic E-state index is 13.0. The molecule has 0 saturated carbocycles. The molecule has 0 spiro atoms. The van der Waals surface area contributed by atoms with Gasteiger partial charge in [-0.05, 0) is 48.8 Å². The molecule has 1 saturated heterocycles. The smallest absolute Gasteiger partial charge is 0.127 e. The molecule has 3 rings (SSSR count). The summed E-state index contributed by atoms with van der Waals surface area (Å²) in [7, 11) is 4.01. The van der Waals surface area contributed by atoms with E-state index in [1.807, 2.05) is 37.3 Å². The Kier molecular flexibility index (Phi) is 6.00. The molecule has 0 N–H and O–H groups in total. The average molecular weight is 342 g/mol. The number of benzene rings is 1. The van der Waals surface area contributed by atoms with Gasteiger partial charge in [-0.1, -0.05) is 18.2 Å². The van der Waals surface area contributed by atoms with Crippen LogP contribution in [0.4, 0.5) is 10.2 Å². The normalized spacial score (nSPS) is 16.6. The van der Waals surface area contributed by atoms with E-state index in [-0.39, 0.29) is 5.82 Å². The molecule has 25 heavy (non-hydrogen) atoms. The molecule has 5 heteroatoms. The van der Waals surface area contributed by atoms with Crippen LogP contribution in [-0.2, 0) is 13.1 Å². The van der Waals surface area contributed by atoms with E-state index in [1.54, 1.807) is 12.1 Å². The third-order valence-corrected chi connectivity index (χ3v) is 4.67. The van der Waals surface area contributed by atoms with Crippen molar-refractivity contribution < 1.29 is 4.39 Å². The Labute approximate surface area is 149 Å². The third kappa shape index (κ3) is 5.25. The van der Waals surface area contributed by atoms with Crippen molar-refractivity contribution >= 4 is 5.82 Å². The molecule has 1 aromatic carbocycles. The summed E-state index contributed by atoms with van der Waals surface area (Å²) in [5.74, 6) is 0.824. The molecule has 1 fully saturated rings. The number of hydrogen-bond donors (Lipinski definition) is 0. The van der Waals surface area contributed by atoms with E-state index in [2.05, 4.69) is 26.9 Å². The highest BCUT2D eigenvalue weighted by Crippen LogP contribution is 2.13. The van der Waals surface area contributed by atoms with Crippen LogP contribution in [0, 0.1) is 5.82 Å². The minimum atomic E-state index is -0.167. The van der Waals surface area contributed by atoms with Gasteiger partial charge in [-0.15, -0.1) is 0 Å². The minimum absolute atomic E-state index is 0.167. The van der Waals surface area contributed by atoms with E-state index in [1.165, 1.54) is 11.1 Å². The molecule has 2 heterocycles. The van der Waals surface area contributed by atoms with Crippen LogP contribution in [0.5, 0.6) is 0 Å². The first kappa shape index (κ1) is 17.8. The van der Waals surface area contributed by atoms with Gasteiger partial charge in [-0.2, -0.15) is 0 Å². The van der Waals surface area contributed by atoms with Crippen molar-refractivity contribution in [3.05, 3.63) is 59.5 Å². The predicted octanol–water partition coefficient (Wildman–Crippen LogP) is 2.99. The Morgan fingerprint density at radius 2 is 1.48 bits per heavy atom. The lowest BCUT2D eigenvalue weighted by atomic mass is 10.2. The number of halogens is 1. The van der Waals surface area contributed by atoms with Crippen molar-refractivity contribution in [2.24, 2.45) is 0 Å². The predicted molar refractivity (Wildman–Crippen MR) is 100 cm³/mol. The lowest BCUT2D eigenvalue weighted by molar-refractivity contribution is 0.247. The van der Waals surface area contributed by atoms with Crippen LogP contribution >= 0.6 is 0 Å². The van der Waals surface area contributed by atoms with Gasteiger partial charge in [0.1, 0.15) is 11.6 Å². The summed E-state index contributed by atoms with van der Waals surface area (Å²) >= 11 is 0.